The molecule has 1 heterocycles. The summed E-state index contributed by atoms with van der Waals surface area (Å²) in [6, 6.07) is 5.54. The highest BCUT2D eigenvalue weighted by Gasteiger charge is 2.60. The van der Waals surface area contributed by atoms with Gasteiger partial charge in [0, 0.05) is 10.9 Å². The minimum Gasteiger partial charge on any atom is -0.349 e. The molecule has 4 rings (SSSR count). The first-order valence-corrected chi connectivity index (χ1v) is 7.46. The lowest BCUT2D eigenvalue weighted by Gasteiger charge is -2.26. The lowest BCUT2D eigenvalue weighted by Crippen LogP contribution is -2.29. The Morgan fingerprint density at radius 3 is 3.05 bits per heavy atom. The number of aromatic nitrogens is 2. The quantitative estimate of drug-likeness (QED) is 0.912. The first-order valence-electron chi connectivity index (χ1n) is 7.08. The molecule has 0 radical (unpaired) electrons. The topological polar surface area (TPSA) is 57.8 Å². The Bertz CT molecular complexity index is 689. The van der Waals surface area contributed by atoms with Gasteiger partial charge < -0.3 is 10.3 Å². The van der Waals surface area contributed by atoms with E-state index in [-0.39, 0.29) is 11.8 Å². The molecule has 2 saturated carbocycles. The number of hydrogen-bond donors (Lipinski definition) is 2. The summed E-state index contributed by atoms with van der Waals surface area (Å²) in [5.41, 5.74) is 2.16. The average Bonchev–Trinajstić information content (AvgIpc) is 3.04. The standard InChI is InChI=1S/C15H16ClN3O/c16-9-2-3-11-12(6-9)19-13(18-11)8-17-14(20)10-7-15(10)4-1-5-15/h2-3,6,10H,1,4-5,7-8H2,(H,17,20)(H,18,19). The normalized spacial score (nSPS) is 22.8. The Balaban J connectivity index is 1.42. The fourth-order valence-electron chi connectivity index (χ4n) is 3.31. The van der Waals surface area contributed by atoms with Crippen molar-refractivity contribution in [2.75, 3.05) is 0 Å². The van der Waals surface area contributed by atoms with Crippen LogP contribution in [0, 0.1) is 11.3 Å². The Hall–Kier alpha value is -1.55. The number of H-pyrrole nitrogens is 1. The van der Waals surface area contributed by atoms with Gasteiger partial charge in [0.25, 0.3) is 0 Å². The largest absolute Gasteiger partial charge is 0.349 e. The third-order valence-corrected chi connectivity index (χ3v) is 5.01. The van der Waals surface area contributed by atoms with Gasteiger partial charge in [-0.15, -0.1) is 0 Å². The van der Waals surface area contributed by atoms with E-state index >= 15 is 0 Å². The van der Waals surface area contributed by atoms with Crippen molar-refractivity contribution in [2.24, 2.45) is 11.3 Å². The van der Waals surface area contributed by atoms with E-state index < -0.39 is 0 Å². The molecule has 2 aliphatic rings. The number of rotatable bonds is 3. The summed E-state index contributed by atoms with van der Waals surface area (Å²) in [5, 5.41) is 3.68. The summed E-state index contributed by atoms with van der Waals surface area (Å²) in [5.74, 6) is 1.21. The summed E-state index contributed by atoms with van der Waals surface area (Å²) in [7, 11) is 0. The molecule has 104 valence electrons. The van der Waals surface area contributed by atoms with E-state index in [4.69, 9.17) is 11.6 Å². The van der Waals surface area contributed by atoms with Gasteiger partial charge in [-0.2, -0.15) is 0 Å². The lowest BCUT2D eigenvalue weighted by atomic mass is 9.80. The molecule has 0 aliphatic heterocycles. The van der Waals surface area contributed by atoms with Crippen LogP contribution in [0.3, 0.4) is 0 Å². The second-order valence-electron chi connectivity index (χ2n) is 6.04. The Morgan fingerprint density at radius 2 is 2.35 bits per heavy atom. The minimum absolute atomic E-state index is 0.184. The highest BCUT2D eigenvalue weighted by molar-refractivity contribution is 6.31. The van der Waals surface area contributed by atoms with Gasteiger partial charge in [0.2, 0.25) is 5.91 Å². The molecule has 2 aliphatic carbocycles. The SMILES string of the molecule is O=C(NCc1nc2ccc(Cl)cc2[nH]1)C1CC12CCC2. The molecular formula is C15H16ClN3O. The average molecular weight is 290 g/mol. The third-order valence-electron chi connectivity index (χ3n) is 4.78. The van der Waals surface area contributed by atoms with Crippen LogP contribution in [0.1, 0.15) is 31.5 Å². The van der Waals surface area contributed by atoms with Gasteiger partial charge in [-0.1, -0.05) is 18.0 Å². The molecule has 0 bridgehead atoms. The van der Waals surface area contributed by atoms with Crippen LogP contribution in [-0.4, -0.2) is 15.9 Å². The molecule has 5 heteroatoms. The first kappa shape index (κ1) is 12.2. The maximum absolute atomic E-state index is 12.1. The number of nitrogens with zero attached hydrogens (tertiary/aromatic N) is 1. The van der Waals surface area contributed by atoms with Gasteiger partial charge in [0.05, 0.1) is 17.6 Å². The van der Waals surface area contributed by atoms with E-state index in [2.05, 4.69) is 15.3 Å². The lowest BCUT2D eigenvalue weighted by molar-refractivity contribution is -0.123. The van der Waals surface area contributed by atoms with Crippen molar-refractivity contribution in [2.45, 2.75) is 32.2 Å². The molecule has 2 N–H and O–H groups in total. The van der Waals surface area contributed by atoms with E-state index in [0.29, 0.717) is 17.0 Å². The molecule has 20 heavy (non-hydrogen) atoms. The Labute approximate surface area is 121 Å². The zero-order valence-corrected chi connectivity index (χ0v) is 11.8. The van der Waals surface area contributed by atoms with Crippen LogP contribution in [0.2, 0.25) is 5.02 Å². The summed E-state index contributed by atoms with van der Waals surface area (Å²) in [6.07, 6.45) is 4.82. The maximum atomic E-state index is 12.1. The predicted octanol–water partition coefficient (Wildman–Crippen LogP) is 3.02. The fourth-order valence-corrected chi connectivity index (χ4v) is 3.49. The van der Waals surface area contributed by atoms with E-state index in [0.717, 1.165) is 23.3 Å². The van der Waals surface area contributed by atoms with Gasteiger partial charge in [-0.25, -0.2) is 4.98 Å². The number of fused-ring (bicyclic) bond motifs is 1. The number of hydrogen-bond acceptors (Lipinski definition) is 2. The van der Waals surface area contributed by atoms with E-state index in [9.17, 15) is 4.79 Å². The van der Waals surface area contributed by atoms with Crippen molar-refractivity contribution >= 4 is 28.5 Å². The summed E-state index contributed by atoms with van der Waals surface area (Å²) < 4.78 is 0. The van der Waals surface area contributed by atoms with Gasteiger partial charge >= 0.3 is 0 Å². The number of imidazole rings is 1. The molecule has 1 atom stereocenters. The molecular weight excluding hydrogens is 274 g/mol. The van der Waals surface area contributed by atoms with Gasteiger partial charge in [0.15, 0.2) is 0 Å². The van der Waals surface area contributed by atoms with Crippen molar-refractivity contribution in [1.82, 2.24) is 15.3 Å². The number of carbonyl (C=O) groups is 1. The molecule has 1 amide bonds. The molecule has 2 aromatic rings. The number of nitrogens with one attached hydrogen (secondary N) is 2. The molecule has 1 aromatic carbocycles. The highest BCUT2D eigenvalue weighted by Crippen LogP contribution is 2.65. The minimum atomic E-state index is 0.184. The number of aromatic amines is 1. The van der Waals surface area contributed by atoms with Gasteiger partial charge in [0.1, 0.15) is 5.82 Å². The monoisotopic (exact) mass is 289 g/mol. The molecule has 1 unspecified atom stereocenters. The number of halogens is 1. The second-order valence-corrected chi connectivity index (χ2v) is 6.47. The molecule has 2 fully saturated rings. The van der Waals surface area contributed by atoms with Crippen LogP contribution in [0.15, 0.2) is 18.2 Å². The van der Waals surface area contributed by atoms with Crippen LogP contribution in [0.4, 0.5) is 0 Å². The van der Waals surface area contributed by atoms with Crippen molar-refractivity contribution < 1.29 is 4.79 Å². The first-order chi connectivity index (χ1) is 9.66. The summed E-state index contributed by atoms with van der Waals surface area (Å²) >= 11 is 5.94. The zero-order valence-electron chi connectivity index (χ0n) is 11.1. The third kappa shape index (κ3) is 1.90. The van der Waals surface area contributed by atoms with Crippen molar-refractivity contribution in [1.29, 1.82) is 0 Å². The van der Waals surface area contributed by atoms with Crippen molar-refractivity contribution in [3.05, 3.63) is 29.0 Å². The maximum Gasteiger partial charge on any atom is 0.224 e. The van der Waals surface area contributed by atoms with Gasteiger partial charge in [-0.3, -0.25) is 4.79 Å². The zero-order chi connectivity index (χ0) is 13.7. The van der Waals surface area contributed by atoms with E-state index in [1.165, 1.54) is 19.3 Å². The molecule has 4 nitrogen and oxygen atoms in total. The van der Waals surface area contributed by atoms with E-state index in [1.807, 2.05) is 18.2 Å². The predicted molar refractivity (Wildman–Crippen MR) is 77.3 cm³/mol. The fraction of sp³-hybridized carbons (Fsp3) is 0.467. The number of carbonyl (C=O) groups excluding carboxylic acids is 1. The van der Waals surface area contributed by atoms with Crippen molar-refractivity contribution in [3.63, 3.8) is 0 Å². The van der Waals surface area contributed by atoms with Crippen LogP contribution >= 0.6 is 11.6 Å². The molecule has 1 spiro atoms. The van der Waals surface area contributed by atoms with Crippen LogP contribution in [0.25, 0.3) is 11.0 Å². The van der Waals surface area contributed by atoms with Gasteiger partial charge in [-0.05, 0) is 42.9 Å². The highest BCUT2D eigenvalue weighted by atomic mass is 35.5. The van der Waals surface area contributed by atoms with Crippen LogP contribution in [-0.2, 0) is 11.3 Å². The number of amides is 1. The Morgan fingerprint density at radius 1 is 1.50 bits per heavy atom. The van der Waals surface area contributed by atoms with Crippen LogP contribution < -0.4 is 5.32 Å². The van der Waals surface area contributed by atoms with E-state index in [1.54, 1.807) is 0 Å². The molecule has 0 saturated heterocycles. The molecule has 1 aromatic heterocycles. The summed E-state index contributed by atoms with van der Waals surface area (Å²) in [4.78, 5) is 19.7. The van der Waals surface area contributed by atoms with Crippen molar-refractivity contribution in [3.8, 4) is 0 Å². The smallest absolute Gasteiger partial charge is 0.224 e. The number of benzene rings is 1. The Kier molecular flexibility index (Phi) is 2.58. The second kappa shape index (κ2) is 4.22. The van der Waals surface area contributed by atoms with Crippen LogP contribution in [0.5, 0.6) is 0 Å². The summed E-state index contributed by atoms with van der Waals surface area (Å²) in [6.45, 7) is 0.456.